The van der Waals surface area contributed by atoms with Gasteiger partial charge in [0.25, 0.3) is 0 Å². The second-order valence-corrected chi connectivity index (χ2v) is 4.87. The Kier molecular flexibility index (Phi) is 3.03. The van der Waals surface area contributed by atoms with E-state index in [-0.39, 0.29) is 18.0 Å². The summed E-state index contributed by atoms with van der Waals surface area (Å²) in [4.78, 5) is 23.8. The summed E-state index contributed by atoms with van der Waals surface area (Å²) < 4.78 is 0. The highest BCUT2D eigenvalue weighted by atomic mass is 16.4. The van der Waals surface area contributed by atoms with Crippen LogP contribution in [0.4, 0.5) is 4.79 Å². The topological polar surface area (TPSA) is 69.6 Å². The molecule has 1 saturated heterocycles. The normalized spacial score (nSPS) is 23.2. The van der Waals surface area contributed by atoms with E-state index in [1.807, 2.05) is 6.92 Å². The molecule has 16 heavy (non-hydrogen) atoms. The Hall–Kier alpha value is -1.26. The molecule has 0 radical (unpaired) electrons. The molecule has 1 heterocycles. The van der Waals surface area contributed by atoms with Gasteiger partial charge in [-0.3, -0.25) is 4.79 Å². The Morgan fingerprint density at radius 2 is 2.00 bits per heavy atom. The fourth-order valence-electron chi connectivity index (χ4n) is 2.14. The third kappa shape index (κ3) is 2.13. The molecule has 5 heteroatoms. The van der Waals surface area contributed by atoms with Crippen molar-refractivity contribution in [2.24, 2.45) is 11.8 Å². The minimum absolute atomic E-state index is 0.114. The fourth-order valence-corrected chi connectivity index (χ4v) is 2.14. The lowest BCUT2D eigenvalue weighted by Crippen LogP contribution is -2.58. The molecule has 0 spiro atoms. The number of carboxylic acid groups (broad SMARTS) is 1. The predicted octanol–water partition coefficient (Wildman–Crippen LogP) is 0.901. The molecule has 0 aromatic carbocycles. The smallest absolute Gasteiger partial charge is 0.317 e. The molecule has 2 amide bonds. The molecule has 0 bridgehead atoms. The van der Waals surface area contributed by atoms with Gasteiger partial charge in [0.15, 0.2) is 0 Å². The Balaban J connectivity index is 1.71. The van der Waals surface area contributed by atoms with Crippen LogP contribution < -0.4 is 5.32 Å². The first-order valence-electron chi connectivity index (χ1n) is 5.86. The monoisotopic (exact) mass is 226 g/mol. The quantitative estimate of drug-likeness (QED) is 0.751. The van der Waals surface area contributed by atoms with E-state index in [1.54, 1.807) is 4.90 Å². The molecular formula is C11H18N2O3. The van der Waals surface area contributed by atoms with Gasteiger partial charge < -0.3 is 15.3 Å². The summed E-state index contributed by atoms with van der Waals surface area (Å²) in [6.07, 6.45) is 3.65. The standard InChI is InChI=1S/C11H18N2O3/c1-7(8-3-2-4-8)12-11(16)13-5-9(6-13)10(14)15/h7-9H,2-6H2,1H3,(H,12,16)(H,14,15). The molecule has 2 N–H and O–H groups in total. The van der Waals surface area contributed by atoms with Gasteiger partial charge in [0.05, 0.1) is 5.92 Å². The number of amides is 2. The highest BCUT2D eigenvalue weighted by Crippen LogP contribution is 2.29. The molecule has 2 rings (SSSR count). The molecule has 1 atom stereocenters. The molecule has 1 unspecified atom stereocenters. The van der Waals surface area contributed by atoms with Gasteiger partial charge in [0.2, 0.25) is 0 Å². The van der Waals surface area contributed by atoms with Crippen LogP contribution in [0.3, 0.4) is 0 Å². The second-order valence-electron chi connectivity index (χ2n) is 4.87. The van der Waals surface area contributed by atoms with Crippen LogP contribution >= 0.6 is 0 Å². The predicted molar refractivity (Wildman–Crippen MR) is 58.0 cm³/mol. The van der Waals surface area contributed by atoms with Gasteiger partial charge in [-0.15, -0.1) is 0 Å². The molecule has 5 nitrogen and oxygen atoms in total. The number of urea groups is 1. The van der Waals surface area contributed by atoms with Gasteiger partial charge in [-0.25, -0.2) is 4.79 Å². The van der Waals surface area contributed by atoms with Gasteiger partial charge in [-0.05, 0) is 25.7 Å². The minimum Gasteiger partial charge on any atom is -0.481 e. The summed E-state index contributed by atoms with van der Waals surface area (Å²) in [6.45, 7) is 2.72. The lowest BCUT2D eigenvalue weighted by molar-refractivity contribution is -0.146. The van der Waals surface area contributed by atoms with E-state index in [0.717, 1.165) is 0 Å². The number of carbonyl (C=O) groups is 2. The molecule has 2 fully saturated rings. The SMILES string of the molecule is CC(NC(=O)N1CC(C(=O)O)C1)C1CCC1. The molecule has 1 aliphatic heterocycles. The van der Waals surface area contributed by atoms with E-state index in [0.29, 0.717) is 19.0 Å². The molecule has 90 valence electrons. The van der Waals surface area contributed by atoms with E-state index < -0.39 is 5.97 Å². The first-order valence-corrected chi connectivity index (χ1v) is 5.86. The number of carboxylic acids is 1. The van der Waals surface area contributed by atoms with Crippen LogP contribution in [0.5, 0.6) is 0 Å². The van der Waals surface area contributed by atoms with E-state index in [1.165, 1.54) is 19.3 Å². The first kappa shape index (κ1) is 11.2. The molecule has 0 aromatic heterocycles. The Morgan fingerprint density at radius 3 is 2.44 bits per heavy atom. The number of hydrogen-bond acceptors (Lipinski definition) is 2. The maximum absolute atomic E-state index is 11.7. The zero-order valence-electron chi connectivity index (χ0n) is 9.48. The largest absolute Gasteiger partial charge is 0.481 e. The zero-order valence-corrected chi connectivity index (χ0v) is 9.48. The van der Waals surface area contributed by atoms with E-state index in [4.69, 9.17) is 5.11 Å². The van der Waals surface area contributed by atoms with Crippen molar-refractivity contribution in [3.63, 3.8) is 0 Å². The van der Waals surface area contributed by atoms with Crippen LogP contribution in [0.2, 0.25) is 0 Å². The Morgan fingerprint density at radius 1 is 1.38 bits per heavy atom. The third-order valence-corrected chi connectivity index (χ3v) is 3.73. The van der Waals surface area contributed by atoms with Crippen molar-refractivity contribution >= 4 is 12.0 Å². The summed E-state index contributed by atoms with van der Waals surface area (Å²) in [5, 5.41) is 11.6. The zero-order chi connectivity index (χ0) is 11.7. The van der Waals surface area contributed by atoms with Crippen LogP contribution in [0.1, 0.15) is 26.2 Å². The summed E-state index contributed by atoms with van der Waals surface area (Å²) in [7, 11) is 0. The highest BCUT2D eigenvalue weighted by Gasteiger charge is 2.36. The summed E-state index contributed by atoms with van der Waals surface area (Å²) in [6, 6.07) is 0.0991. The van der Waals surface area contributed by atoms with Crippen molar-refractivity contribution in [3.05, 3.63) is 0 Å². The van der Waals surface area contributed by atoms with E-state index in [9.17, 15) is 9.59 Å². The minimum atomic E-state index is -0.809. The van der Waals surface area contributed by atoms with Crippen molar-refractivity contribution in [1.29, 1.82) is 0 Å². The van der Waals surface area contributed by atoms with Gasteiger partial charge in [-0.1, -0.05) is 6.42 Å². The lowest BCUT2D eigenvalue weighted by Gasteiger charge is -2.39. The van der Waals surface area contributed by atoms with E-state index >= 15 is 0 Å². The van der Waals surface area contributed by atoms with Gasteiger partial charge in [0.1, 0.15) is 0 Å². The lowest BCUT2D eigenvalue weighted by atomic mass is 9.80. The maximum Gasteiger partial charge on any atom is 0.317 e. The number of hydrogen-bond donors (Lipinski definition) is 2. The number of nitrogens with zero attached hydrogens (tertiary/aromatic N) is 1. The first-order chi connectivity index (χ1) is 7.58. The number of nitrogens with one attached hydrogen (secondary N) is 1. The average molecular weight is 226 g/mol. The van der Waals surface area contributed by atoms with Crippen LogP contribution in [-0.4, -0.2) is 41.1 Å². The van der Waals surface area contributed by atoms with Crippen molar-refractivity contribution in [2.75, 3.05) is 13.1 Å². The molecule has 2 aliphatic rings. The molecule has 1 saturated carbocycles. The summed E-state index contributed by atoms with van der Waals surface area (Å²) in [5.74, 6) is -0.568. The van der Waals surface area contributed by atoms with Crippen LogP contribution in [0, 0.1) is 11.8 Å². The Labute approximate surface area is 94.8 Å². The van der Waals surface area contributed by atoms with E-state index in [2.05, 4.69) is 5.32 Å². The van der Waals surface area contributed by atoms with Gasteiger partial charge >= 0.3 is 12.0 Å². The van der Waals surface area contributed by atoms with Crippen molar-refractivity contribution in [2.45, 2.75) is 32.2 Å². The summed E-state index contributed by atoms with van der Waals surface area (Å²) in [5.41, 5.74) is 0. The van der Waals surface area contributed by atoms with Crippen LogP contribution in [0.15, 0.2) is 0 Å². The van der Waals surface area contributed by atoms with Crippen molar-refractivity contribution in [1.82, 2.24) is 10.2 Å². The number of likely N-dealkylation sites (tertiary alicyclic amines) is 1. The van der Waals surface area contributed by atoms with Crippen molar-refractivity contribution in [3.8, 4) is 0 Å². The summed E-state index contributed by atoms with van der Waals surface area (Å²) >= 11 is 0. The van der Waals surface area contributed by atoms with Crippen LogP contribution in [0.25, 0.3) is 0 Å². The average Bonchev–Trinajstić information content (AvgIpc) is 1.94. The highest BCUT2D eigenvalue weighted by molar-refractivity contribution is 5.79. The molecule has 1 aliphatic carbocycles. The van der Waals surface area contributed by atoms with Crippen LogP contribution in [-0.2, 0) is 4.79 Å². The molecule has 0 aromatic rings. The van der Waals surface area contributed by atoms with Gasteiger partial charge in [0, 0.05) is 19.1 Å². The van der Waals surface area contributed by atoms with Crippen molar-refractivity contribution < 1.29 is 14.7 Å². The fraction of sp³-hybridized carbons (Fsp3) is 0.818. The third-order valence-electron chi connectivity index (χ3n) is 3.73. The van der Waals surface area contributed by atoms with Gasteiger partial charge in [-0.2, -0.15) is 0 Å². The second kappa shape index (κ2) is 4.31. The number of aliphatic carboxylic acids is 1. The molecular weight excluding hydrogens is 208 g/mol. The maximum atomic E-state index is 11.7. The Bertz CT molecular complexity index is 296. The number of carbonyl (C=O) groups excluding carboxylic acids is 1. The number of rotatable bonds is 3.